The minimum atomic E-state index is 0.331. The van der Waals surface area contributed by atoms with Crippen LogP contribution in [0.3, 0.4) is 0 Å². The van der Waals surface area contributed by atoms with Crippen LogP contribution >= 0.6 is 0 Å². The van der Waals surface area contributed by atoms with Gasteiger partial charge in [-0.05, 0) is 25.8 Å². The summed E-state index contributed by atoms with van der Waals surface area (Å²) in [5, 5.41) is 12.2. The molecule has 1 unspecified atom stereocenters. The lowest BCUT2D eigenvalue weighted by Gasteiger charge is -2.20. The molecular formula is C9H19NO. The van der Waals surface area contributed by atoms with Crippen molar-refractivity contribution in [1.29, 1.82) is 0 Å². The first-order valence-corrected chi connectivity index (χ1v) is 4.77. The molecule has 2 N–H and O–H groups in total. The maximum atomic E-state index is 8.74. The highest BCUT2D eigenvalue weighted by Gasteiger charge is 2.08. The van der Waals surface area contributed by atoms with Gasteiger partial charge in [0, 0.05) is 12.6 Å². The quantitative estimate of drug-likeness (QED) is 0.633. The van der Waals surface area contributed by atoms with Gasteiger partial charge in [0.25, 0.3) is 0 Å². The van der Waals surface area contributed by atoms with Gasteiger partial charge in [-0.3, -0.25) is 0 Å². The number of aliphatic hydroxyl groups excluding tert-OH is 1. The lowest BCUT2D eigenvalue weighted by Crippen LogP contribution is -2.31. The van der Waals surface area contributed by atoms with Crippen molar-refractivity contribution in [3.05, 3.63) is 0 Å². The van der Waals surface area contributed by atoms with Gasteiger partial charge in [0.05, 0.1) is 0 Å². The van der Waals surface area contributed by atoms with Gasteiger partial charge in [-0.15, -0.1) is 0 Å². The van der Waals surface area contributed by atoms with Crippen molar-refractivity contribution < 1.29 is 5.11 Å². The molecule has 0 saturated carbocycles. The molecule has 0 spiro atoms. The summed E-state index contributed by atoms with van der Waals surface area (Å²) in [5.41, 5.74) is 0. The molecule has 2 heteroatoms. The molecule has 0 aliphatic carbocycles. The summed E-state index contributed by atoms with van der Waals surface area (Å²) in [6, 6.07) is 0.584. The highest BCUT2D eigenvalue weighted by molar-refractivity contribution is 4.68. The highest BCUT2D eigenvalue weighted by Crippen LogP contribution is 2.10. The van der Waals surface area contributed by atoms with Gasteiger partial charge in [-0.1, -0.05) is 19.3 Å². The second-order valence-corrected chi connectivity index (χ2v) is 3.37. The molecule has 0 aromatic carbocycles. The standard InChI is InChI=1S/C9H19NO/c11-8-6-9-5-3-1-2-4-7-10-9/h9-11H,1-8H2. The van der Waals surface area contributed by atoms with Gasteiger partial charge >= 0.3 is 0 Å². The number of rotatable bonds is 2. The van der Waals surface area contributed by atoms with E-state index in [1.165, 1.54) is 32.1 Å². The van der Waals surface area contributed by atoms with Crippen molar-refractivity contribution in [3.8, 4) is 0 Å². The van der Waals surface area contributed by atoms with E-state index in [9.17, 15) is 0 Å². The Hall–Kier alpha value is -0.0800. The minimum Gasteiger partial charge on any atom is -0.396 e. The largest absolute Gasteiger partial charge is 0.396 e. The van der Waals surface area contributed by atoms with E-state index in [0.717, 1.165) is 13.0 Å². The topological polar surface area (TPSA) is 32.3 Å². The highest BCUT2D eigenvalue weighted by atomic mass is 16.3. The second kappa shape index (κ2) is 5.56. The molecular weight excluding hydrogens is 138 g/mol. The third-order valence-corrected chi connectivity index (χ3v) is 2.39. The fraction of sp³-hybridized carbons (Fsp3) is 1.00. The molecule has 0 aromatic heterocycles. The molecule has 1 fully saturated rings. The van der Waals surface area contributed by atoms with Crippen LogP contribution in [-0.4, -0.2) is 24.3 Å². The fourth-order valence-corrected chi connectivity index (χ4v) is 1.68. The van der Waals surface area contributed by atoms with Crippen LogP contribution in [0.4, 0.5) is 0 Å². The maximum Gasteiger partial charge on any atom is 0.0445 e. The molecule has 0 bridgehead atoms. The molecule has 1 aliphatic rings. The van der Waals surface area contributed by atoms with Gasteiger partial charge in [-0.25, -0.2) is 0 Å². The van der Waals surface area contributed by atoms with Gasteiger partial charge in [-0.2, -0.15) is 0 Å². The normalized spacial score (nSPS) is 27.5. The lowest BCUT2D eigenvalue weighted by atomic mass is 10.0. The Kier molecular flexibility index (Phi) is 4.55. The van der Waals surface area contributed by atoms with Gasteiger partial charge in [0.15, 0.2) is 0 Å². The summed E-state index contributed by atoms with van der Waals surface area (Å²) in [6.45, 7) is 1.47. The molecule has 2 nitrogen and oxygen atoms in total. The molecule has 11 heavy (non-hydrogen) atoms. The molecule has 0 amide bonds. The van der Waals surface area contributed by atoms with E-state index in [1.54, 1.807) is 0 Å². The van der Waals surface area contributed by atoms with E-state index in [1.807, 2.05) is 0 Å². The van der Waals surface area contributed by atoms with Crippen molar-refractivity contribution >= 4 is 0 Å². The molecule has 1 aliphatic heterocycles. The van der Waals surface area contributed by atoms with Crippen LogP contribution in [0.2, 0.25) is 0 Å². The van der Waals surface area contributed by atoms with Crippen molar-refractivity contribution in [2.24, 2.45) is 0 Å². The molecule has 1 rings (SSSR count). The average molecular weight is 157 g/mol. The maximum absolute atomic E-state index is 8.74. The Balaban J connectivity index is 2.15. The summed E-state index contributed by atoms with van der Waals surface area (Å²) >= 11 is 0. The predicted octanol–water partition coefficient (Wildman–Crippen LogP) is 1.29. The summed E-state index contributed by atoms with van der Waals surface area (Å²) in [5.74, 6) is 0. The minimum absolute atomic E-state index is 0.331. The Bertz CT molecular complexity index is 87.6. The van der Waals surface area contributed by atoms with E-state index in [-0.39, 0.29) is 0 Å². The van der Waals surface area contributed by atoms with Gasteiger partial charge in [0.2, 0.25) is 0 Å². The van der Waals surface area contributed by atoms with Crippen LogP contribution in [0.15, 0.2) is 0 Å². The molecule has 1 heterocycles. The molecule has 0 radical (unpaired) electrons. The van der Waals surface area contributed by atoms with Crippen LogP contribution in [-0.2, 0) is 0 Å². The smallest absolute Gasteiger partial charge is 0.0445 e. The van der Waals surface area contributed by atoms with E-state index in [0.29, 0.717) is 12.6 Å². The van der Waals surface area contributed by atoms with E-state index in [2.05, 4.69) is 5.32 Å². The zero-order valence-electron chi connectivity index (χ0n) is 7.18. The Morgan fingerprint density at radius 3 is 2.82 bits per heavy atom. The number of hydrogen-bond acceptors (Lipinski definition) is 2. The van der Waals surface area contributed by atoms with Crippen molar-refractivity contribution in [2.75, 3.05) is 13.2 Å². The van der Waals surface area contributed by atoms with E-state index in [4.69, 9.17) is 5.11 Å². The molecule has 0 aromatic rings. The third kappa shape index (κ3) is 3.73. The third-order valence-electron chi connectivity index (χ3n) is 2.39. The first-order valence-electron chi connectivity index (χ1n) is 4.77. The predicted molar refractivity (Wildman–Crippen MR) is 46.6 cm³/mol. The lowest BCUT2D eigenvalue weighted by molar-refractivity contribution is 0.255. The van der Waals surface area contributed by atoms with Crippen molar-refractivity contribution in [2.45, 2.75) is 44.6 Å². The van der Waals surface area contributed by atoms with Crippen LogP contribution in [0.1, 0.15) is 38.5 Å². The average Bonchev–Trinajstić information content (AvgIpc) is 1.94. The van der Waals surface area contributed by atoms with Gasteiger partial charge in [0.1, 0.15) is 0 Å². The fourth-order valence-electron chi connectivity index (χ4n) is 1.68. The summed E-state index contributed by atoms with van der Waals surface area (Å²) in [4.78, 5) is 0. The van der Waals surface area contributed by atoms with Crippen molar-refractivity contribution in [3.63, 3.8) is 0 Å². The van der Waals surface area contributed by atoms with Crippen molar-refractivity contribution in [1.82, 2.24) is 5.32 Å². The number of aliphatic hydroxyl groups is 1. The zero-order valence-corrected chi connectivity index (χ0v) is 7.18. The molecule has 66 valence electrons. The summed E-state index contributed by atoms with van der Waals surface area (Å²) in [6.07, 6.45) is 7.57. The Labute approximate surface area is 69.0 Å². The van der Waals surface area contributed by atoms with Crippen LogP contribution < -0.4 is 5.32 Å². The second-order valence-electron chi connectivity index (χ2n) is 3.37. The monoisotopic (exact) mass is 157 g/mol. The first kappa shape index (κ1) is 9.01. The number of nitrogens with one attached hydrogen (secondary N) is 1. The van der Waals surface area contributed by atoms with Crippen LogP contribution in [0.25, 0.3) is 0 Å². The summed E-state index contributed by atoms with van der Waals surface area (Å²) in [7, 11) is 0. The van der Waals surface area contributed by atoms with Crippen LogP contribution in [0.5, 0.6) is 0 Å². The Morgan fingerprint density at radius 2 is 2.00 bits per heavy atom. The Morgan fingerprint density at radius 1 is 1.18 bits per heavy atom. The molecule has 1 saturated heterocycles. The van der Waals surface area contributed by atoms with E-state index >= 15 is 0 Å². The summed E-state index contributed by atoms with van der Waals surface area (Å²) < 4.78 is 0. The molecule has 1 atom stereocenters. The SMILES string of the molecule is OCCC1CCCCCCN1. The van der Waals surface area contributed by atoms with E-state index < -0.39 is 0 Å². The van der Waals surface area contributed by atoms with Crippen LogP contribution in [0, 0.1) is 0 Å². The number of hydrogen-bond donors (Lipinski definition) is 2. The zero-order chi connectivity index (χ0) is 7.94. The van der Waals surface area contributed by atoms with Gasteiger partial charge < -0.3 is 10.4 Å². The first-order chi connectivity index (χ1) is 5.43.